The first-order valence-corrected chi connectivity index (χ1v) is 8.61. The molecular formula is C19H15F2N5O3. The van der Waals surface area contributed by atoms with Gasteiger partial charge < -0.3 is 10.1 Å². The molecule has 0 fully saturated rings. The van der Waals surface area contributed by atoms with Crippen LogP contribution in [0.25, 0.3) is 11.4 Å². The lowest BCUT2D eigenvalue weighted by Crippen LogP contribution is -2.23. The predicted octanol–water partition coefficient (Wildman–Crippen LogP) is 2.75. The zero-order valence-corrected chi connectivity index (χ0v) is 15.1. The maximum absolute atomic E-state index is 13.3. The molecule has 0 bridgehead atoms. The number of ether oxygens (including phenoxy) is 1. The monoisotopic (exact) mass is 399 g/mol. The third kappa shape index (κ3) is 3.64. The van der Waals surface area contributed by atoms with Gasteiger partial charge in [-0.1, -0.05) is 0 Å². The van der Waals surface area contributed by atoms with Gasteiger partial charge in [0.2, 0.25) is 11.9 Å². The first-order chi connectivity index (χ1) is 13.9. The SMILES string of the molecule is COc1ccc(-c2nc3n(n2)[C@@H](CC(=O)Nc2ccc(F)c(F)c2)C(=O)N3)cc1. The number of methoxy groups -OCH3 is 1. The number of halogens is 2. The molecule has 1 aliphatic heterocycles. The molecule has 0 aliphatic carbocycles. The highest BCUT2D eigenvalue weighted by Crippen LogP contribution is 2.29. The quantitative estimate of drug-likeness (QED) is 0.688. The van der Waals surface area contributed by atoms with Crippen LogP contribution in [-0.4, -0.2) is 33.7 Å². The zero-order valence-electron chi connectivity index (χ0n) is 15.1. The fourth-order valence-electron chi connectivity index (χ4n) is 2.93. The third-order valence-corrected chi connectivity index (χ3v) is 4.39. The van der Waals surface area contributed by atoms with Crippen LogP contribution in [0.15, 0.2) is 42.5 Å². The van der Waals surface area contributed by atoms with Crippen molar-refractivity contribution in [3.05, 3.63) is 54.1 Å². The van der Waals surface area contributed by atoms with Gasteiger partial charge in [0.05, 0.1) is 13.5 Å². The number of amides is 2. The van der Waals surface area contributed by atoms with Gasteiger partial charge in [-0.3, -0.25) is 14.9 Å². The van der Waals surface area contributed by atoms with Crippen LogP contribution in [0.3, 0.4) is 0 Å². The highest BCUT2D eigenvalue weighted by molar-refractivity contribution is 6.01. The van der Waals surface area contributed by atoms with Crippen molar-refractivity contribution in [3.8, 4) is 17.1 Å². The van der Waals surface area contributed by atoms with Crippen LogP contribution in [0.4, 0.5) is 20.4 Å². The van der Waals surface area contributed by atoms with E-state index in [2.05, 4.69) is 20.7 Å². The minimum Gasteiger partial charge on any atom is -0.497 e. The number of nitrogens with one attached hydrogen (secondary N) is 2. The number of hydrogen-bond donors (Lipinski definition) is 2. The first kappa shape index (κ1) is 18.5. The average molecular weight is 399 g/mol. The van der Waals surface area contributed by atoms with Crippen LogP contribution >= 0.6 is 0 Å². The molecule has 0 saturated carbocycles. The van der Waals surface area contributed by atoms with Gasteiger partial charge in [0.25, 0.3) is 5.91 Å². The summed E-state index contributed by atoms with van der Waals surface area (Å²) in [6.45, 7) is 0. The summed E-state index contributed by atoms with van der Waals surface area (Å²) in [5.41, 5.74) is 0.803. The maximum atomic E-state index is 13.3. The van der Waals surface area contributed by atoms with Crippen molar-refractivity contribution >= 4 is 23.5 Å². The van der Waals surface area contributed by atoms with E-state index in [0.29, 0.717) is 17.1 Å². The Morgan fingerprint density at radius 1 is 1.21 bits per heavy atom. The van der Waals surface area contributed by atoms with Crippen molar-refractivity contribution < 1.29 is 23.1 Å². The molecule has 4 rings (SSSR count). The van der Waals surface area contributed by atoms with Crippen LogP contribution in [0.5, 0.6) is 5.75 Å². The maximum Gasteiger partial charge on any atom is 0.252 e. The number of anilines is 2. The second kappa shape index (κ2) is 7.30. The summed E-state index contributed by atoms with van der Waals surface area (Å²) in [5.74, 6) is -1.78. The molecule has 2 heterocycles. The summed E-state index contributed by atoms with van der Waals surface area (Å²) in [4.78, 5) is 28.8. The molecule has 2 N–H and O–H groups in total. The Kier molecular flexibility index (Phi) is 4.67. The third-order valence-electron chi connectivity index (χ3n) is 4.39. The minimum absolute atomic E-state index is 0.0880. The van der Waals surface area contributed by atoms with Gasteiger partial charge in [0.1, 0.15) is 11.8 Å². The topological polar surface area (TPSA) is 98.1 Å². The summed E-state index contributed by atoms with van der Waals surface area (Å²) in [7, 11) is 1.56. The molecule has 2 aromatic carbocycles. The van der Waals surface area contributed by atoms with E-state index in [1.165, 1.54) is 10.7 Å². The van der Waals surface area contributed by atoms with Crippen LogP contribution in [0.1, 0.15) is 12.5 Å². The Balaban J connectivity index is 1.50. The fraction of sp³-hybridized carbons (Fsp3) is 0.158. The number of nitrogens with zero attached hydrogens (tertiary/aromatic N) is 3. The van der Waals surface area contributed by atoms with Crippen LogP contribution in [0.2, 0.25) is 0 Å². The van der Waals surface area contributed by atoms with Crippen LogP contribution in [0, 0.1) is 11.6 Å². The Hall–Kier alpha value is -3.82. The summed E-state index contributed by atoms with van der Waals surface area (Å²) in [6.07, 6.45) is -0.247. The molecule has 0 spiro atoms. The van der Waals surface area contributed by atoms with Gasteiger partial charge >= 0.3 is 0 Å². The van der Waals surface area contributed by atoms with Crippen LogP contribution in [-0.2, 0) is 9.59 Å². The number of hydrogen-bond acceptors (Lipinski definition) is 5. The molecule has 0 radical (unpaired) electrons. The molecule has 8 nitrogen and oxygen atoms in total. The van der Waals surface area contributed by atoms with E-state index in [-0.39, 0.29) is 18.1 Å². The first-order valence-electron chi connectivity index (χ1n) is 8.61. The fourth-order valence-corrected chi connectivity index (χ4v) is 2.93. The molecule has 10 heteroatoms. The number of carbonyl (C=O) groups excluding carboxylic acids is 2. The number of fused-ring (bicyclic) bond motifs is 1. The zero-order chi connectivity index (χ0) is 20.5. The number of rotatable bonds is 5. The Morgan fingerprint density at radius 2 is 1.97 bits per heavy atom. The van der Waals surface area contributed by atoms with Gasteiger partial charge in [0.15, 0.2) is 17.5 Å². The van der Waals surface area contributed by atoms with Crippen molar-refractivity contribution in [2.24, 2.45) is 0 Å². The van der Waals surface area contributed by atoms with E-state index >= 15 is 0 Å². The highest BCUT2D eigenvalue weighted by atomic mass is 19.2. The second-order valence-corrected chi connectivity index (χ2v) is 6.32. The van der Waals surface area contributed by atoms with E-state index in [9.17, 15) is 18.4 Å². The molecule has 3 aromatic rings. The molecular weight excluding hydrogens is 384 g/mol. The summed E-state index contributed by atoms with van der Waals surface area (Å²) in [6, 6.07) is 9.16. The molecule has 0 unspecified atom stereocenters. The number of carbonyl (C=O) groups is 2. The lowest BCUT2D eigenvalue weighted by Gasteiger charge is -2.10. The molecule has 1 aliphatic rings. The minimum atomic E-state index is -1.08. The molecule has 1 aromatic heterocycles. The lowest BCUT2D eigenvalue weighted by atomic mass is 10.2. The van der Waals surface area contributed by atoms with Gasteiger partial charge in [-0.05, 0) is 36.4 Å². The van der Waals surface area contributed by atoms with Crippen molar-refractivity contribution in [2.45, 2.75) is 12.5 Å². The number of aromatic nitrogens is 3. The summed E-state index contributed by atoms with van der Waals surface area (Å²) in [5, 5.41) is 9.35. The molecule has 29 heavy (non-hydrogen) atoms. The van der Waals surface area contributed by atoms with Crippen molar-refractivity contribution in [1.29, 1.82) is 0 Å². The van der Waals surface area contributed by atoms with Crippen LogP contribution < -0.4 is 15.4 Å². The van der Waals surface area contributed by atoms with E-state index in [4.69, 9.17) is 4.74 Å². The summed E-state index contributed by atoms with van der Waals surface area (Å²) < 4.78 is 32.7. The molecule has 1 atom stereocenters. The molecule has 2 amide bonds. The normalized spacial score (nSPS) is 15.0. The van der Waals surface area contributed by atoms with E-state index in [0.717, 1.165) is 12.1 Å². The van der Waals surface area contributed by atoms with Crippen molar-refractivity contribution in [2.75, 3.05) is 17.7 Å². The number of benzene rings is 2. The predicted molar refractivity (Wildman–Crippen MR) is 99.3 cm³/mol. The van der Waals surface area contributed by atoms with Gasteiger partial charge in [-0.25, -0.2) is 13.5 Å². The average Bonchev–Trinajstić information content (AvgIpc) is 3.23. The summed E-state index contributed by atoms with van der Waals surface area (Å²) >= 11 is 0. The molecule has 148 valence electrons. The standard InChI is InChI=1S/C19H15F2N5O3/c1-29-12-5-2-10(3-6-12)17-23-19-24-18(28)15(26(19)25-17)9-16(27)22-11-4-7-13(20)14(21)8-11/h2-8,15H,9H2,1H3,(H,22,27)(H,23,24,25,28)/t15-/m0/s1. The van der Waals surface area contributed by atoms with Gasteiger partial charge in [-0.15, -0.1) is 5.10 Å². The Labute approximate surface area is 163 Å². The smallest absolute Gasteiger partial charge is 0.252 e. The Morgan fingerprint density at radius 3 is 2.66 bits per heavy atom. The van der Waals surface area contributed by atoms with Crippen molar-refractivity contribution in [1.82, 2.24) is 14.8 Å². The molecule has 0 saturated heterocycles. The highest BCUT2D eigenvalue weighted by Gasteiger charge is 2.35. The van der Waals surface area contributed by atoms with Crippen molar-refractivity contribution in [3.63, 3.8) is 0 Å². The van der Waals surface area contributed by atoms with E-state index < -0.39 is 29.5 Å². The van der Waals surface area contributed by atoms with E-state index in [1.807, 2.05) is 0 Å². The van der Waals surface area contributed by atoms with Gasteiger partial charge in [-0.2, -0.15) is 4.98 Å². The van der Waals surface area contributed by atoms with E-state index in [1.54, 1.807) is 31.4 Å². The largest absolute Gasteiger partial charge is 0.497 e. The Bertz CT molecular complexity index is 1100. The lowest BCUT2D eigenvalue weighted by molar-refractivity contribution is -0.123. The van der Waals surface area contributed by atoms with Gasteiger partial charge in [0, 0.05) is 17.3 Å². The second-order valence-electron chi connectivity index (χ2n) is 6.32.